The molecule has 2 aromatic rings. The van der Waals surface area contributed by atoms with E-state index < -0.39 is 5.97 Å². The number of hydrogen-bond acceptors (Lipinski definition) is 2. The summed E-state index contributed by atoms with van der Waals surface area (Å²) in [5.74, 6) is -0.164. The van der Waals surface area contributed by atoms with Crippen molar-refractivity contribution in [2.45, 2.75) is 25.7 Å². The number of hydrogen-bond donors (Lipinski definition) is 1. The van der Waals surface area contributed by atoms with Crippen LogP contribution in [0, 0.1) is 6.07 Å². The van der Waals surface area contributed by atoms with Crippen molar-refractivity contribution >= 4 is 40.8 Å². The summed E-state index contributed by atoms with van der Waals surface area (Å²) in [6.07, 6.45) is 2.45. The van der Waals surface area contributed by atoms with Gasteiger partial charge in [0.25, 0.3) is 0 Å². The average molecular weight is 387 g/mol. The van der Waals surface area contributed by atoms with E-state index in [4.69, 9.17) is 44.6 Å². The van der Waals surface area contributed by atoms with Crippen LogP contribution in [0.4, 0.5) is 0 Å². The molecule has 0 aliphatic heterocycles. The van der Waals surface area contributed by atoms with Gasteiger partial charge in [0, 0.05) is 23.1 Å². The van der Waals surface area contributed by atoms with Crippen molar-refractivity contribution in [3.05, 3.63) is 51.5 Å². The maximum Gasteiger partial charge on any atom is 0.303 e. The highest BCUT2D eigenvalue weighted by atomic mass is 35.5. The molecule has 0 aliphatic carbocycles. The number of ether oxygens (including phenoxy) is 1. The molecule has 0 heterocycles. The van der Waals surface area contributed by atoms with Crippen LogP contribution in [-0.4, -0.2) is 17.7 Å². The predicted molar refractivity (Wildman–Crippen MR) is 97.3 cm³/mol. The Morgan fingerprint density at radius 3 is 2.54 bits per heavy atom. The Hall–Kier alpha value is -1.42. The summed E-state index contributed by atoms with van der Waals surface area (Å²) in [4.78, 5) is 10.4. The van der Waals surface area contributed by atoms with Crippen molar-refractivity contribution < 1.29 is 14.6 Å². The molecule has 0 atom stereocenters. The molecule has 1 radical (unpaired) electrons. The number of carbonyl (C=O) groups is 1. The Kier molecular flexibility index (Phi) is 7.22. The maximum absolute atomic E-state index is 10.4. The van der Waals surface area contributed by atoms with Crippen LogP contribution in [-0.2, 0) is 4.79 Å². The first kappa shape index (κ1) is 18.9. The highest BCUT2D eigenvalue weighted by Gasteiger charge is 2.09. The molecular formula is C18H16Cl3O3. The monoisotopic (exact) mass is 385 g/mol. The SMILES string of the molecule is O=C(O)CCCCCOc1[c]ccc(-c2cc(Cl)c(Cl)cc2Cl)c1. The minimum atomic E-state index is -0.768. The van der Waals surface area contributed by atoms with Crippen molar-refractivity contribution in [1.82, 2.24) is 0 Å². The van der Waals surface area contributed by atoms with Gasteiger partial charge in [-0.3, -0.25) is 4.79 Å². The number of rotatable bonds is 8. The van der Waals surface area contributed by atoms with Gasteiger partial charge in [-0.05, 0) is 49.1 Å². The molecule has 0 aliphatic rings. The third-order valence-electron chi connectivity index (χ3n) is 3.39. The van der Waals surface area contributed by atoms with Crippen LogP contribution in [0.3, 0.4) is 0 Å². The first-order valence-electron chi connectivity index (χ1n) is 7.48. The van der Waals surface area contributed by atoms with Crippen molar-refractivity contribution in [3.63, 3.8) is 0 Å². The van der Waals surface area contributed by atoms with Gasteiger partial charge in [0.2, 0.25) is 0 Å². The average Bonchev–Trinajstić information content (AvgIpc) is 2.54. The second kappa shape index (κ2) is 9.16. The number of unbranched alkanes of at least 4 members (excludes halogenated alkanes) is 2. The van der Waals surface area contributed by atoms with E-state index in [0.29, 0.717) is 33.8 Å². The second-order valence-electron chi connectivity index (χ2n) is 5.24. The van der Waals surface area contributed by atoms with Gasteiger partial charge in [-0.15, -0.1) is 0 Å². The van der Waals surface area contributed by atoms with Crippen LogP contribution in [0.15, 0.2) is 30.3 Å². The van der Waals surface area contributed by atoms with Crippen LogP contribution in [0.25, 0.3) is 11.1 Å². The summed E-state index contributed by atoms with van der Waals surface area (Å²) >= 11 is 18.2. The quantitative estimate of drug-likeness (QED) is 0.438. The predicted octanol–water partition coefficient (Wildman–Crippen LogP) is 6.14. The third-order valence-corrected chi connectivity index (χ3v) is 4.42. The Bertz CT molecular complexity index is 717. The molecule has 24 heavy (non-hydrogen) atoms. The van der Waals surface area contributed by atoms with Gasteiger partial charge in [0.1, 0.15) is 5.75 Å². The van der Waals surface area contributed by atoms with Gasteiger partial charge in [-0.25, -0.2) is 0 Å². The summed E-state index contributed by atoms with van der Waals surface area (Å²) in [7, 11) is 0. The van der Waals surface area contributed by atoms with Gasteiger partial charge in [0.05, 0.1) is 16.7 Å². The third kappa shape index (κ3) is 5.59. The van der Waals surface area contributed by atoms with E-state index in [2.05, 4.69) is 6.07 Å². The number of carboxylic acids is 1. The molecule has 0 bridgehead atoms. The smallest absolute Gasteiger partial charge is 0.303 e. The highest BCUT2D eigenvalue weighted by molar-refractivity contribution is 6.44. The molecule has 6 heteroatoms. The number of benzene rings is 2. The first-order chi connectivity index (χ1) is 11.5. The molecule has 0 aromatic heterocycles. The molecule has 127 valence electrons. The van der Waals surface area contributed by atoms with Crippen LogP contribution >= 0.6 is 34.8 Å². The van der Waals surface area contributed by atoms with Crippen molar-refractivity contribution in [1.29, 1.82) is 0 Å². The fraction of sp³-hybridized carbons (Fsp3) is 0.278. The molecular weight excluding hydrogens is 371 g/mol. The van der Waals surface area contributed by atoms with E-state index in [1.807, 2.05) is 12.1 Å². The Morgan fingerprint density at radius 2 is 1.79 bits per heavy atom. The maximum atomic E-state index is 10.4. The summed E-state index contributed by atoms with van der Waals surface area (Å²) in [6, 6.07) is 11.8. The van der Waals surface area contributed by atoms with Gasteiger partial charge >= 0.3 is 5.97 Å². The minimum absolute atomic E-state index is 0.192. The van der Waals surface area contributed by atoms with Crippen LogP contribution < -0.4 is 4.74 Å². The fourth-order valence-electron chi connectivity index (χ4n) is 2.18. The Labute approximate surface area is 156 Å². The van der Waals surface area contributed by atoms with Gasteiger partial charge in [-0.2, -0.15) is 0 Å². The number of carboxylic acid groups (broad SMARTS) is 1. The molecule has 2 aromatic carbocycles. The van der Waals surface area contributed by atoms with Crippen molar-refractivity contribution in [2.24, 2.45) is 0 Å². The van der Waals surface area contributed by atoms with Gasteiger partial charge < -0.3 is 9.84 Å². The Morgan fingerprint density at radius 1 is 1.04 bits per heavy atom. The van der Waals surface area contributed by atoms with E-state index in [9.17, 15) is 4.79 Å². The molecule has 0 fully saturated rings. The number of aliphatic carboxylic acids is 1. The van der Waals surface area contributed by atoms with E-state index >= 15 is 0 Å². The molecule has 3 nitrogen and oxygen atoms in total. The fourth-order valence-corrected chi connectivity index (χ4v) is 2.83. The van der Waals surface area contributed by atoms with E-state index in [-0.39, 0.29) is 6.42 Å². The molecule has 0 amide bonds. The topological polar surface area (TPSA) is 46.5 Å². The Balaban J connectivity index is 1.97. The zero-order valence-electron chi connectivity index (χ0n) is 12.8. The second-order valence-corrected chi connectivity index (χ2v) is 6.46. The normalized spacial score (nSPS) is 10.6. The van der Waals surface area contributed by atoms with Gasteiger partial charge in [0.15, 0.2) is 0 Å². The van der Waals surface area contributed by atoms with Crippen LogP contribution in [0.1, 0.15) is 25.7 Å². The molecule has 1 N–H and O–H groups in total. The van der Waals surface area contributed by atoms with Crippen LogP contribution in [0.2, 0.25) is 15.1 Å². The lowest BCUT2D eigenvalue weighted by atomic mass is 10.1. The minimum Gasteiger partial charge on any atom is -0.493 e. The summed E-state index contributed by atoms with van der Waals surface area (Å²) < 4.78 is 5.66. The zero-order valence-corrected chi connectivity index (χ0v) is 15.1. The van der Waals surface area contributed by atoms with Crippen LogP contribution in [0.5, 0.6) is 5.75 Å². The number of halogens is 3. The van der Waals surface area contributed by atoms with Crippen molar-refractivity contribution in [2.75, 3.05) is 6.61 Å². The van der Waals surface area contributed by atoms with E-state index in [1.165, 1.54) is 0 Å². The summed E-state index contributed by atoms with van der Waals surface area (Å²) in [6.45, 7) is 0.509. The van der Waals surface area contributed by atoms with Crippen molar-refractivity contribution in [3.8, 4) is 16.9 Å². The lowest BCUT2D eigenvalue weighted by Gasteiger charge is -2.10. The van der Waals surface area contributed by atoms with E-state index in [1.54, 1.807) is 18.2 Å². The molecule has 2 rings (SSSR count). The first-order valence-corrected chi connectivity index (χ1v) is 8.62. The summed E-state index contributed by atoms with van der Waals surface area (Å²) in [5.41, 5.74) is 1.63. The lowest BCUT2D eigenvalue weighted by molar-refractivity contribution is -0.137. The zero-order chi connectivity index (χ0) is 17.5. The highest BCUT2D eigenvalue weighted by Crippen LogP contribution is 2.36. The molecule has 0 unspecified atom stereocenters. The standard InChI is InChI=1S/C18H16Cl3O3/c19-15-11-17(21)16(20)10-14(15)12-5-4-6-13(9-12)24-8-3-1-2-7-18(22)23/h4-5,9-11H,1-3,7-8H2,(H,22,23). The molecule has 0 spiro atoms. The lowest BCUT2D eigenvalue weighted by Crippen LogP contribution is -1.99. The summed E-state index contributed by atoms with van der Waals surface area (Å²) in [5, 5.41) is 9.93. The molecule has 0 saturated carbocycles. The van der Waals surface area contributed by atoms with E-state index in [0.717, 1.165) is 24.0 Å². The largest absolute Gasteiger partial charge is 0.493 e. The molecule has 0 saturated heterocycles. The van der Waals surface area contributed by atoms with Gasteiger partial charge in [-0.1, -0.05) is 40.9 Å².